The third-order valence-corrected chi connectivity index (χ3v) is 4.76. The molecule has 0 bridgehead atoms. The summed E-state index contributed by atoms with van der Waals surface area (Å²) >= 11 is 5.92. The van der Waals surface area contributed by atoms with E-state index in [0.717, 1.165) is 36.8 Å². The molecule has 3 rings (SSSR count). The lowest BCUT2D eigenvalue weighted by Crippen LogP contribution is -2.51. The fraction of sp³-hybridized carbons (Fsp3) is 0.333. The van der Waals surface area contributed by atoms with Gasteiger partial charge >= 0.3 is 0 Å². The molecule has 1 amide bonds. The zero-order valence-corrected chi connectivity index (χ0v) is 13.6. The minimum absolute atomic E-state index is 0.110. The molecule has 0 atom stereocenters. The standard InChI is InChI=1S/C18H20ClN3O/c19-16-5-3-13(4-6-16)14-9-15(11-21-10-14)17(23)22-18(12-20)7-1-2-8-18/h3-6,9-11H,1-2,7-8,12,20H2,(H,22,23). The zero-order chi connectivity index (χ0) is 16.3. The molecule has 1 saturated carbocycles. The Hall–Kier alpha value is -1.91. The van der Waals surface area contributed by atoms with Crippen LogP contribution in [0.4, 0.5) is 0 Å². The molecule has 1 fully saturated rings. The normalized spacial score (nSPS) is 16.3. The van der Waals surface area contributed by atoms with Gasteiger partial charge < -0.3 is 11.1 Å². The molecule has 1 aromatic carbocycles. The fourth-order valence-corrected chi connectivity index (χ4v) is 3.24. The number of pyridine rings is 1. The molecule has 5 heteroatoms. The Labute approximate surface area is 141 Å². The van der Waals surface area contributed by atoms with E-state index in [0.29, 0.717) is 17.1 Å². The highest BCUT2D eigenvalue weighted by atomic mass is 35.5. The summed E-state index contributed by atoms with van der Waals surface area (Å²) in [5, 5.41) is 3.80. The molecule has 1 heterocycles. The number of amides is 1. The third kappa shape index (κ3) is 3.54. The molecule has 120 valence electrons. The van der Waals surface area contributed by atoms with Gasteiger partial charge in [0.25, 0.3) is 5.91 Å². The van der Waals surface area contributed by atoms with Crippen LogP contribution in [0.2, 0.25) is 5.02 Å². The lowest BCUT2D eigenvalue weighted by Gasteiger charge is -2.28. The molecule has 1 aliphatic rings. The molecule has 0 unspecified atom stereocenters. The minimum Gasteiger partial charge on any atom is -0.345 e. The van der Waals surface area contributed by atoms with Crippen LogP contribution in [0.15, 0.2) is 42.7 Å². The van der Waals surface area contributed by atoms with Crippen LogP contribution >= 0.6 is 11.6 Å². The minimum atomic E-state index is -0.257. The van der Waals surface area contributed by atoms with Crippen molar-refractivity contribution in [1.29, 1.82) is 0 Å². The summed E-state index contributed by atoms with van der Waals surface area (Å²) in [6.07, 6.45) is 7.45. The lowest BCUT2D eigenvalue weighted by atomic mass is 9.97. The van der Waals surface area contributed by atoms with Gasteiger partial charge in [-0.3, -0.25) is 9.78 Å². The maximum atomic E-state index is 12.6. The number of nitrogens with one attached hydrogen (secondary N) is 1. The highest BCUT2D eigenvalue weighted by Gasteiger charge is 2.34. The Bertz CT molecular complexity index is 694. The van der Waals surface area contributed by atoms with Gasteiger partial charge in [0.05, 0.1) is 11.1 Å². The average Bonchev–Trinajstić information content (AvgIpc) is 3.05. The predicted molar refractivity (Wildman–Crippen MR) is 92.4 cm³/mol. The van der Waals surface area contributed by atoms with E-state index in [1.807, 2.05) is 30.3 Å². The van der Waals surface area contributed by atoms with Crippen LogP contribution < -0.4 is 11.1 Å². The van der Waals surface area contributed by atoms with E-state index in [4.69, 9.17) is 17.3 Å². The van der Waals surface area contributed by atoms with Gasteiger partial charge in [0.2, 0.25) is 0 Å². The molecule has 2 aromatic rings. The van der Waals surface area contributed by atoms with Gasteiger partial charge in [0, 0.05) is 29.5 Å². The number of aromatic nitrogens is 1. The van der Waals surface area contributed by atoms with Crippen molar-refractivity contribution in [3.8, 4) is 11.1 Å². The summed E-state index contributed by atoms with van der Waals surface area (Å²) in [6, 6.07) is 9.33. The number of carbonyl (C=O) groups is 1. The summed E-state index contributed by atoms with van der Waals surface area (Å²) < 4.78 is 0. The molecule has 3 N–H and O–H groups in total. The molecule has 4 nitrogen and oxygen atoms in total. The van der Waals surface area contributed by atoms with Crippen LogP contribution in [0, 0.1) is 0 Å². The SMILES string of the molecule is NCC1(NC(=O)c2cncc(-c3ccc(Cl)cc3)c2)CCCC1. The number of nitrogens with zero attached hydrogens (tertiary/aromatic N) is 1. The van der Waals surface area contributed by atoms with E-state index in [2.05, 4.69) is 10.3 Å². The maximum Gasteiger partial charge on any atom is 0.253 e. The Balaban J connectivity index is 1.81. The maximum absolute atomic E-state index is 12.6. The quantitative estimate of drug-likeness (QED) is 0.903. The van der Waals surface area contributed by atoms with Gasteiger partial charge in [-0.05, 0) is 36.6 Å². The zero-order valence-electron chi connectivity index (χ0n) is 12.9. The van der Waals surface area contributed by atoms with Crippen LogP contribution in [-0.2, 0) is 0 Å². The smallest absolute Gasteiger partial charge is 0.253 e. The summed E-state index contributed by atoms with van der Waals surface area (Å²) in [4.78, 5) is 16.8. The van der Waals surface area contributed by atoms with Crippen LogP contribution in [-0.4, -0.2) is 23.0 Å². The summed E-state index contributed by atoms with van der Waals surface area (Å²) in [5.41, 5.74) is 8.05. The Morgan fingerprint density at radius 3 is 2.52 bits per heavy atom. The van der Waals surface area contributed by atoms with Crippen molar-refractivity contribution in [3.63, 3.8) is 0 Å². The first-order valence-corrected chi connectivity index (χ1v) is 8.23. The molecule has 23 heavy (non-hydrogen) atoms. The van der Waals surface area contributed by atoms with E-state index in [1.54, 1.807) is 12.4 Å². The lowest BCUT2D eigenvalue weighted by molar-refractivity contribution is 0.0903. The van der Waals surface area contributed by atoms with Crippen molar-refractivity contribution in [2.24, 2.45) is 5.73 Å². The van der Waals surface area contributed by atoms with Gasteiger partial charge in [-0.25, -0.2) is 0 Å². The van der Waals surface area contributed by atoms with Gasteiger partial charge in [-0.1, -0.05) is 36.6 Å². The van der Waals surface area contributed by atoms with Crippen molar-refractivity contribution in [1.82, 2.24) is 10.3 Å². The molecule has 1 aromatic heterocycles. The Morgan fingerprint density at radius 1 is 1.17 bits per heavy atom. The first kappa shape index (κ1) is 16.0. The largest absolute Gasteiger partial charge is 0.345 e. The topological polar surface area (TPSA) is 68.0 Å². The third-order valence-electron chi connectivity index (χ3n) is 4.51. The number of benzene rings is 1. The molecular weight excluding hydrogens is 310 g/mol. The van der Waals surface area contributed by atoms with Gasteiger partial charge in [0.15, 0.2) is 0 Å². The summed E-state index contributed by atoms with van der Waals surface area (Å²) in [5.74, 6) is -0.110. The fourth-order valence-electron chi connectivity index (χ4n) is 3.11. The molecule has 0 spiro atoms. The molecule has 0 saturated heterocycles. The van der Waals surface area contributed by atoms with Crippen molar-refractivity contribution in [2.45, 2.75) is 31.2 Å². The van der Waals surface area contributed by atoms with E-state index < -0.39 is 0 Å². The van der Waals surface area contributed by atoms with Gasteiger partial charge in [-0.15, -0.1) is 0 Å². The first-order chi connectivity index (χ1) is 11.1. The van der Waals surface area contributed by atoms with E-state index in [9.17, 15) is 4.79 Å². The van der Waals surface area contributed by atoms with Gasteiger partial charge in [0.1, 0.15) is 0 Å². The molecular formula is C18H20ClN3O. The van der Waals surface area contributed by atoms with Gasteiger partial charge in [-0.2, -0.15) is 0 Å². The Kier molecular flexibility index (Phi) is 4.64. The first-order valence-electron chi connectivity index (χ1n) is 7.85. The second-order valence-electron chi connectivity index (χ2n) is 6.11. The molecule has 0 aliphatic heterocycles. The number of carbonyl (C=O) groups excluding carboxylic acids is 1. The number of nitrogens with two attached hydrogens (primary N) is 1. The number of hydrogen-bond donors (Lipinski definition) is 2. The number of halogens is 1. The van der Waals surface area contributed by atoms with Crippen molar-refractivity contribution in [2.75, 3.05) is 6.54 Å². The van der Waals surface area contributed by atoms with E-state index in [-0.39, 0.29) is 11.4 Å². The Morgan fingerprint density at radius 2 is 1.87 bits per heavy atom. The van der Waals surface area contributed by atoms with Crippen molar-refractivity contribution in [3.05, 3.63) is 53.3 Å². The van der Waals surface area contributed by atoms with Crippen LogP contribution in [0.5, 0.6) is 0 Å². The molecule has 0 radical (unpaired) electrons. The average molecular weight is 330 g/mol. The number of rotatable bonds is 4. The second kappa shape index (κ2) is 6.69. The van der Waals surface area contributed by atoms with E-state index in [1.165, 1.54) is 0 Å². The predicted octanol–water partition coefficient (Wildman–Crippen LogP) is 3.40. The second-order valence-corrected chi connectivity index (χ2v) is 6.55. The van der Waals surface area contributed by atoms with Crippen LogP contribution in [0.25, 0.3) is 11.1 Å². The van der Waals surface area contributed by atoms with Crippen molar-refractivity contribution < 1.29 is 4.79 Å². The van der Waals surface area contributed by atoms with Crippen molar-refractivity contribution >= 4 is 17.5 Å². The van der Waals surface area contributed by atoms with E-state index >= 15 is 0 Å². The van der Waals surface area contributed by atoms with Crippen LogP contribution in [0.1, 0.15) is 36.0 Å². The molecule has 1 aliphatic carbocycles. The van der Waals surface area contributed by atoms with Crippen LogP contribution in [0.3, 0.4) is 0 Å². The summed E-state index contributed by atoms with van der Waals surface area (Å²) in [7, 11) is 0. The monoisotopic (exact) mass is 329 g/mol. The number of hydrogen-bond acceptors (Lipinski definition) is 3. The summed E-state index contributed by atoms with van der Waals surface area (Å²) in [6.45, 7) is 0.475. The highest BCUT2D eigenvalue weighted by Crippen LogP contribution is 2.29. The highest BCUT2D eigenvalue weighted by molar-refractivity contribution is 6.30.